The van der Waals surface area contributed by atoms with Crippen molar-refractivity contribution < 1.29 is 0 Å². The van der Waals surface area contributed by atoms with Crippen LogP contribution in [0.2, 0.25) is 10.0 Å². The van der Waals surface area contributed by atoms with Crippen LogP contribution < -0.4 is 0 Å². The molecule has 0 bridgehead atoms. The molecule has 2 heterocycles. The minimum atomic E-state index is 0.646. The van der Waals surface area contributed by atoms with Gasteiger partial charge >= 0.3 is 0 Å². The molecule has 0 saturated heterocycles. The SMILES string of the molecule is C=CCn1c(SCc2c(Cl)cccc2Cl)nnc1-c1csc2c1CCC(C)C2. The van der Waals surface area contributed by atoms with Gasteiger partial charge in [0.1, 0.15) is 0 Å². The van der Waals surface area contributed by atoms with Crippen LogP contribution in [0.3, 0.4) is 0 Å². The average Bonchev–Trinajstić information content (AvgIpc) is 3.25. The van der Waals surface area contributed by atoms with E-state index in [4.69, 9.17) is 23.2 Å². The van der Waals surface area contributed by atoms with Crippen LogP contribution in [-0.4, -0.2) is 14.8 Å². The summed E-state index contributed by atoms with van der Waals surface area (Å²) in [5.41, 5.74) is 3.60. The highest BCUT2D eigenvalue weighted by molar-refractivity contribution is 7.98. The number of thiophene rings is 1. The molecule has 0 saturated carbocycles. The van der Waals surface area contributed by atoms with Gasteiger partial charge in [0.15, 0.2) is 11.0 Å². The summed E-state index contributed by atoms with van der Waals surface area (Å²) in [6.07, 6.45) is 5.41. The van der Waals surface area contributed by atoms with Gasteiger partial charge in [0.25, 0.3) is 0 Å². The molecule has 2 aromatic heterocycles. The summed E-state index contributed by atoms with van der Waals surface area (Å²) in [4.78, 5) is 1.50. The number of fused-ring (bicyclic) bond motifs is 1. The molecular formula is C21H21Cl2N3S2. The Morgan fingerprint density at radius 1 is 1.32 bits per heavy atom. The lowest BCUT2D eigenvalue weighted by Crippen LogP contribution is -2.10. The van der Waals surface area contributed by atoms with Crippen molar-refractivity contribution in [3.05, 3.63) is 62.3 Å². The van der Waals surface area contributed by atoms with E-state index in [0.717, 1.165) is 28.9 Å². The van der Waals surface area contributed by atoms with E-state index in [1.165, 1.54) is 28.8 Å². The molecule has 1 unspecified atom stereocenters. The number of benzene rings is 1. The fourth-order valence-corrected chi connectivity index (χ4v) is 6.49. The van der Waals surface area contributed by atoms with Crippen LogP contribution in [0.1, 0.15) is 29.3 Å². The quantitative estimate of drug-likeness (QED) is 0.302. The van der Waals surface area contributed by atoms with Crippen molar-refractivity contribution in [3.63, 3.8) is 0 Å². The highest BCUT2D eigenvalue weighted by atomic mass is 35.5. The van der Waals surface area contributed by atoms with Gasteiger partial charge in [0, 0.05) is 38.2 Å². The van der Waals surface area contributed by atoms with Gasteiger partial charge in [-0.3, -0.25) is 4.57 Å². The second-order valence-electron chi connectivity index (χ2n) is 7.09. The average molecular weight is 450 g/mol. The molecule has 1 aliphatic carbocycles. The molecule has 0 radical (unpaired) electrons. The molecule has 146 valence electrons. The number of allylic oxidation sites excluding steroid dienone is 1. The van der Waals surface area contributed by atoms with Gasteiger partial charge in [-0.15, -0.1) is 28.1 Å². The molecule has 28 heavy (non-hydrogen) atoms. The van der Waals surface area contributed by atoms with Crippen LogP contribution in [0.25, 0.3) is 11.4 Å². The standard InChI is InChI=1S/C21H21Cl2N3S2/c1-3-9-26-20(15-11-27-19-10-13(2)7-8-14(15)19)24-25-21(26)28-12-16-17(22)5-4-6-18(16)23/h3-6,11,13H,1,7-10,12H2,2H3. The Kier molecular flexibility index (Phi) is 6.16. The van der Waals surface area contributed by atoms with E-state index in [0.29, 0.717) is 22.3 Å². The van der Waals surface area contributed by atoms with Gasteiger partial charge in [-0.1, -0.05) is 54.0 Å². The van der Waals surface area contributed by atoms with Crippen molar-refractivity contribution in [1.29, 1.82) is 0 Å². The van der Waals surface area contributed by atoms with E-state index in [1.54, 1.807) is 11.8 Å². The third-order valence-corrected chi connectivity index (χ3v) is 7.83. The zero-order valence-corrected chi connectivity index (χ0v) is 18.8. The summed E-state index contributed by atoms with van der Waals surface area (Å²) in [5, 5.41) is 13.5. The zero-order chi connectivity index (χ0) is 19.7. The number of hydrogen-bond donors (Lipinski definition) is 0. The molecular weight excluding hydrogens is 429 g/mol. The first-order chi connectivity index (χ1) is 13.6. The lowest BCUT2D eigenvalue weighted by molar-refractivity contribution is 0.508. The van der Waals surface area contributed by atoms with Crippen molar-refractivity contribution in [2.24, 2.45) is 5.92 Å². The first-order valence-corrected chi connectivity index (χ1v) is 11.9. The second-order valence-corrected chi connectivity index (χ2v) is 9.81. The van der Waals surface area contributed by atoms with Gasteiger partial charge in [0.05, 0.1) is 0 Å². The Balaban J connectivity index is 1.64. The minimum absolute atomic E-state index is 0.646. The van der Waals surface area contributed by atoms with Crippen LogP contribution in [0.15, 0.2) is 41.4 Å². The summed E-state index contributed by atoms with van der Waals surface area (Å²) in [7, 11) is 0. The number of thioether (sulfide) groups is 1. The van der Waals surface area contributed by atoms with Crippen molar-refractivity contribution in [2.45, 2.75) is 43.6 Å². The Morgan fingerprint density at radius 3 is 2.86 bits per heavy atom. The maximum absolute atomic E-state index is 6.32. The fraction of sp³-hybridized carbons (Fsp3) is 0.333. The van der Waals surface area contributed by atoms with Crippen molar-refractivity contribution in [3.8, 4) is 11.4 Å². The fourth-order valence-electron chi connectivity index (χ4n) is 3.56. The van der Waals surface area contributed by atoms with Crippen molar-refractivity contribution in [1.82, 2.24) is 14.8 Å². The van der Waals surface area contributed by atoms with Crippen LogP contribution >= 0.6 is 46.3 Å². The molecule has 3 nitrogen and oxygen atoms in total. The van der Waals surface area contributed by atoms with Crippen LogP contribution in [-0.2, 0) is 25.1 Å². The molecule has 0 aliphatic heterocycles. The Hall–Kier alpha value is -1.27. The zero-order valence-electron chi connectivity index (χ0n) is 15.6. The maximum atomic E-state index is 6.32. The van der Waals surface area contributed by atoms with Crippen molar-refractivity contribution in [2.75, 3.05) is 0 Å². The number of hydrogen-bond acceptors (Lipinski definition) is 4. The topological polar surface area (TPSA) is 30.7 Å². The van der Waals surface area contributed by atoms with E-state index in [-0.39, 0.29) is 0 Å². The first kappa shape index (κ1) is 20.0. The summed E-state index contributed by atoms with van der Waals surface area (Å²) >= 11 is 16.1. The monoisotopic (exact) mass is 449 g/mol. The Labute approximate surface area is 183 Å². The van der Waals surface area contributed by atoms with Gasteiger partial charge in [-0.2, -0.15) is 0 Å². The highest BCUT2D eigenvalue weighted by Crippen LogP contribution is 2.39. The number of rotatable bonds is 6. The molecule has 0 spiro atoms. The maximum Gasteiger partial charge on any atom is 0.192 e. The van der Waals surface area contributed by atoms with Crippen LogP contribution in [0.4, 0.5) is 0 Å². The van der Waals surface area contributed by atoms with Crippen molar-refractivity contribution >= 4 is 46.3 Å². The third-order valence-electron chi connectivity index (χ3n) is 5.08. The third kappa shape index (κ3) is 3.90. The van der Waals surface area contributed by atoms with Crippen LogP contribution in [0.5, 0.6) is 0 Å². The predicted molar refractivity (Wildman–Crippen MR) is 121 cm³/mol. The smallest absolute Gasteiger partial charge is 0.192 e. The molecule has 0 fully saturated rings. The highest BCUT2D eigenvalue weighted by Gasteiger charge is 2.24. The van der Waals surface area contributed by atoms with Gasteiger partial charge in [-0.25, -0.2) is 0 Å². The van der Waals surface area contributed by atoms with Gasteiger partial charge < -0.3 is 0 Å². The molecule has 1 atom stereocenters. The van der Waals surface area contributed by atoms with Crippen LogP contribution in [0, 0.1) is 5.92 Å². The van der Waals surface area contributed by atoms with E-state index < -0.39 is 0 Å². The summed E-state index contributed by atoms with van der Waals surface area (Å²) in [5.74, 6) is 2.34. The van der Waals surface area contributed by atoms with Gasteiger partial charge in [0.2, 0.25) is 0 Å². The molecule has 3 aromatic rings. The summed E-state index contributed by atoms with van der Waals surface area (Å²) in [6, 6.07) is 5.58. The lowest BCUT2D eigenvalue weighted by atomic mass is 9.88. The summed E-state index contributed by atoms with van der Waals surface area (Å²) in [6.45, 7) is 6.92. The lowest BCUT2D eigenvalue weighted by Gasteiger charge is -2.19. The van der Waals surface area contributed by atoms with E-state index in [1.807, 2.05) is 35.6 Å². The molecule has 7 heteroatoms. The molecule has 1 aromatic carbocycles. The van der Waals surface area contributed by atoms with Gasteiger partial charge in [-0.05, 0) is 48.4 Å². The molecule has 0 N–H and O–H groups in total. The normalized spacial score (nSPS) is 16.2. The molecule has 4 rings (SSSR count). The number of aromatic nitrogens is 3. The van der Waals surface area contributed by atoms with E-state index in [2.05, 4.69) is 33.6 Å². The molecule has 1 aliphatic rings. The largest absolute Gasteiger partial charge is 0.298 e. The molecule has 0 amide bonds. The first-order valence-electron chi connectivity index (χ1n) is 9.27. The van der Waals surface area contributed by atoms with E-state index in [9.17, 15) is 0 Å². The predicted octanol–water partition coefficient (Wildman–Crippen LogP) is 6.92. The minimum Gasteiger partial charge on any atom is -0.298 e. The number of halogens is 2. The second kappa shape index (κ2) is 8.62. The summed E-state index contributed by atoms with van der Waals surface area (Å²) < 4.78 is 2.14. The van der Waals surface area contributed by atoms with E-state index >= 15 is 0 Å². The Bertz CT molecular complexity index is 989. The Morgan fingerprint density at radius 2 is 2.11 bits per heavy atom. The number of nitrogens with zero attached hydrogens (tertiary/aromatic N) is 3.